The third kappa shape index (κ3) is 2.93. The molecule has 0 aromatic rings. The highest BCUT2D eigenvalue weighted by Crippen LogP contribution is 2.41. The Balaban J connectivity index is 3.03. The van der Waals surface area contributed by atoms with Gasteiger partial charge in [0.1, 0.15) is 29.8 Å². The second kappa shape index (κ2) is 6.73. The Hall–Kier alpha value is -1.86. The number of aliphatic hydroxyl groups is 5. The summed E-state index contributed by atoms with van der Waals surface area (Å²) in [7, 11) is 0. The number of allylic oxidation sites excluding steroid dienone is 4. The summed E-state index contributed by atoms with van der Waals surface area (Å²) in [5.41, 5.74) is -1.97. The van der Waals surface area contributed by atoms with Crippen molar-refractivity contribution in [1.82, 2.24) is 0 Å². The third-order valence-electron chi connectivity index (χ3n) is 3.26. The summed E-state index contributed by atoms with van der Waals surface area (Å²) in [4.78, 5) is 0. The second-order valence-electron chi connectivity index (χ2n) is 4.57. The molecule has 0 saturated carbocycles. The second-order valence-corrected chi connectivity index (χ2v) is 4.57. The molecule has 116 valence electrons. The first-order valence-electron chi connectivity index (χ1n) is 6.25. The van der Waals surface area contributed by atoms with Crippen LogP contribution in [0.2, 0.25) is 0 Å². The molecule has 0 bridgehead atoms. The Morgan fingerprint density at radius 2 is 1.81 bits per heavy atom. The van der Waals surface area contributed by atoms with Gasteiger partial charge in [-0.2, -0.15) is 0 Å². The van der Waals surface area contributed by atoms with Crippen LogP contribution in [0.4, 0.5) is 0 Å². The van der Waals surface area contributed by atoms with Crippen LogP contribution in [0.1, 0.15) is 0 Å². The SMILES string of the molecule is C=CC=C(O)[C@@H](O)[C@@H](O)[C@H](O)[C@@]1(O)C(=CC=C)OC1C=C. The predicted octanol–water partition coefficient (Wildman–Crippen LogP) is 0.0828. The minimum Gasteiger partial charge on any atom is -0.509 e. The topological polar surface area (TPSA) is 110 Å². The number of rotatable bonds is 7. The standard InChI is InChI=1S/C15H20O6/c1-4-7-9(16)12(17)13(18)14(19)15(20)10(6-3)21-11(15)8-5-2/h4-8,10,12-14,16-20H,1-3H2/t10?,12-,13-,14+,15+/m1/s1. The van der Waals surface area contributed by atoms with E-state index in [1.807, 2.05) is 0 Å². The van der Waals surface area contributed by atoms with Crippen LogP contribution in [0, 0.1) is 0 Å². The maximum absolute atomic E-state index is 10.5. The average Bonchev–Trinajstić information content (AvgIpc) is 2.47. The maximum atomic E-state index is 10.5. The van der Waals surface area contributed by atoms with E-state index < -0.39 is 35.8 Å². The number of hydrogen-bond donors (Lipinski definition) is 5. The molecule has 0 amide bonds. The van der Waals surface area contributed by atoms with Crippen molar-refractivity contribution in [1.29, 1.82) is 0 Å². The summed E-state index contributed by atoms with van der Waals surface area (Å²) in [5.74, 6) is -0.613. The minimum atomic E-state index is -1.97. The molecule has 1 fully saturated rings. The zero-order valence-electron chi connectivity index (χ0n) is 11.5. The molecule has 5 N–H and O–H groups in total. The lowest BCUT2D eigenvalue weighted by Crippen LogP contribution is -2.67. The molecule has 21 heavy (non-hydrogen) atoms. The number of hydrogen-bond acceptors (Lipinski definition) is 6. The van der Waals surface area contributed by atoms with Crippen LogP contribution in [-0.4, -0.2) is 55.5 Å². The molecule has 0 aromatic heterocycles. The van der Waals surface area contributed by atoms with E-state index in [1.54, 1.807) is 0 Å². The van der Waals surface area contributed by atoms with E-state index in [2.05, 4.69) is 19.7 Å². The van der Waals surface area contributed by atoms with Crippen molar-refractivity contribution in [3.05, 3.63) is 61.6 Å². The molecule has 1 saturated heterocycles. The average molecular weight is 296 g/mol. The van der Waals surface area contributed by atoms with E-state index in [0.29, 0.717) is 0 Å². The highest BCUT2D eigenvalue weighted by Gasteiger charge is 2.59. The van der Waals surface area contributed by atoms with Crippen molar-refractivity contribution in [2.45, 2.75) is 30.0 Å². The molecule has 0 aliphatic carbocycles. The van der Waals surface area contributed by atoms with Crippen molar-refractivity contribution in [3.63, 3.8) is 0 Å². The largest absolute Gasteiger partial charge is 0.509 e. The van der Waals surface area contributed by atoms with Gasteiger partial charge in [-0.15, -0.1) is 0 Å². The number of ether oxygens (including phenoxy) is 1. The van der Waals surface area contributed by atoms with Crippen molar-refractivity contribution in [2.75, 3.05) is 0 Å². The van der Waals surface area contributed by atoms with Gasteiger partial charge in [-0.3, -0.25) is 0 Å². The zero-order chi connectivity index (χ0) is 16.2. The molecular weight excluding hydrogens is 276 g/mol. The van der Waals surface area contributed by atoms with Crippen molar-refractivity contribution in [3.8, 4) is 0 Å². The fourth-order valence-electron chi connectivity index (χ4n) is 2.05. The van der Waals surface area contributed by atoms with Gasteiger partial charge in [-0.25, -0.2) is 0 Å². The molecule has 0 spiro atoms. The first kappa shape index (κ1) is 17.2. The summed E-state index contributed by atoms with van der Waals surface area (Å²) >= 11 is 0. The third-order valence-corrected chi connectivity index (χ3v) is 3.26. The highest BCUT2D eigenvalue weighted by molar-refractivity contribution is 5.32. The van der Waals surface area contributed by atoms with Gasteiger partial charge >= 0.3 is 0 Å². The van der Waals surface area contributed by atoms with E-state index in [9.17, 15) is 25.5 Å². The van der Waals surface area contributed by atoms with Crippen LogP contribution in [-0.2, 0) is 4.74 Å². The molecule has 5 atom stereocenters. The highest BCUT2D eigenvalue weighted by atomic mass is 16.6. The molecular formula is C15H20O6. The molecule has 0 radical (unpaired) electrons. The molecule has 6 heteroatoms. The van der Waals surface area contributed by atoms with Gasteiger partial charge < -0.3 is 30.3 Å². The molecule has 1 rings (SSSR count). The Bertz CT molecular complexity index is 481. The van der Waals surface area contributed by atoms with E-state index in [4.69, 9.17) is 4.74 Å². The summed E-state index contributed by atoms with van der Waals surface area (Å²) in [6.07, 6.45) is -0.263. The molecule has 6 nitrogen and oxygen atoms in total. The Morgan fingerprint density at radius 3 is 2.29 bits per heavy atom. The Morgan fingerprint density at radius 1 is 1.19 bits per heavy atom. The first-order chi connectivity index (χ1) is 9.84. The Kier molecular flexibility index (Phi) is 5.51. The molecule has 0 aromatic carbocycles. The van der Waals surface area contributed by atoms with Crippen molar-refractivity contribution in [2.24, 2.45) is 0 Å². The van der Waals surface area contributed by atoms with E-state index in [0.717, 1.165) is 6.08 Å². The van der Waals surface area contributed by atoms with Crippen LogP contribution in [0.3, 0.4) is 0 Å². The Labute approximate surface area is 122 Å². The van der Waals surface area contributed by atoms with Gasteiger partial charge in [0.25, 0.3) is 0 Å². The lowest BCUT2D eigenvalue weighted by atomic mass is 9.78. The number of aliphatic hydroxyl groups excluding tert-OH is 4. The lowest BCUT2D eigenvalue weighted by Gasteiger charge is -2.49. The van der Waals surface area contributed by atoms with Crippen LogP contribution in [0.15, 0.2) is 61.6 Å². The van der Waals surface area contributed by atoms with Gasteiger partial charge in [0.2, 0.25) is 0 Å². The first-order valence-corrected chi connectivity index (χ1v) is 6.25. The molecule has 1 unspecified atom stereocenters. The van der Waals surface area contributed by atoms with Crippen molar-refractivity contribution >= 4 is 0 Å². The molecule has 1 heterocycles. The van der Waals surface area contributed by atoms with E-state index in [-0.39, 0.29) is 5.76 Å². The lowest BCUT2D eigenvalue weighted by molar-refractivity contribution is -0.237. The van der Waals surface area contributed by atoms with Crippen LogP contribution >= 0.6 is 0 Å². The predicted molar refractivity (Wildman–Crippen MR) is 77.2 cm³/mol. The molecule has 1 aliphatic rings. The van der Waals surface area contributed by atoms with Crippen LogP contribution in [0.5, 0.6) is 0 Å². The summed E-state index contributed by atoms with van der Waals surface area (Å²) in [6.45, 7) is 10.2. The monoisotopic (exact) mass is 296 g/mol. The summed E-state index contributed by atoms with van der Waals surface area (Å²) in [6, 6.07) is 0. The quantitative estimate of drug-likeness (QED) is 0.259. The van der Waals surface area contributed by atoms with Gasteiger partial charge in [0.05, 0.1) is 0 Å². The fraction of sp³-hybridized carbons (Fsp3) is 0.333. The minimum absolute atomic E-state index is 0.0201. The smallest absolute Gasteiger partial charge is 0.190 e. The van der Waals surface area contributed by atoms with Gasteiger partial charge in [0, 0.05) is 0 Å². The van der Waals surface area contributed by atoms with Crippen LogP contribution < -0.4 is 0 Å². The van der Waals surface area contributed by atoms with E-state index >= 15 is 0 Å². The van der Waals surface area contributed by atoms with Crippen LogP contribution in [0.25, 0.3) is 0 Å². The maximum Gasteiger partial charge on any atom is 0.190 e. The van der Waals surface area contributed by atoms with E-state index in [1.165, 1.54) is 24.3 Å². The normalized spacial score (nSPS) is 31.5. The van der Waals surface area contributed by atoms with Crippen molar-refractivity contribution < 1.29 is 30.3 Å². The fourth-order valence-corrected chi connectivity index (χ4v) is 2.05. The zero-order valence-corrected chi connectivity index (χ0v) is 11.5. The molecule has 1 aliphatic heterocycles. The van der Waals surface area contributed by atoms with Gasteiger partial charge in [0.15, 0.2) is 11.7 Å². The summed E-state index contributed by atoms with van der Waals surface area (Å²) in [5, 5.41) is 49.8. The van der Waals surface area contributed by atoms with Gasteiger partial charge in [-0.05, 0) is 18.2 Å². The summed E-state index contributed by atoms with van der Waals surface area (Å²) < 4.78 is 5.18. The van der Waals surface area contributed by atoms with Gasteiger partial charge in [-0.1, -0.05) is 31.9 Å².